The van der Waals surface area contributed by atoms with E-state index in [1.54, 1.807) is 26.0 Å². The van der Waals surface area contributed by atoms with E-state index < -0.39 is 21.7 Å². The first-order valence-corrected chi connectivity index (χ1v) is 7.08. The number of carboxylic acids is 1. The Morgan fingerprint density at radius 1 is 1.45 bits per heavy atom. The minimum absolute atomic E-state index is 0.0645. The number of carboxylic acid groups (broad SMARTS) is 1. The fourth-order valence-corrected chi connectivity index (χ4v) is 2.75. The highest BCUT2D eigenvalue weighted by Gasteiger charge is 2.32. The number of nitro groups is 1. The van der Waals surface area contributed by atoms with Crippen LogP contribution < -0.4 is 5.73 Å². The number of carbonyl (C=O) groups is 1. The molecule has 0 aliphatic carbocycles. The van der Waals surface area contributed by atoms with Crippen molar-refractivity contribution in [2.45, 2.75) is 31.1 Å². The number of aryl methyl sites for hydroxylation is 1. The highest BCUT2D eigenvalue weighted by molar-refractivity contribution is 8.00. The minimum Gasteiger partial charge on any atom is -0.480 e. The van der Waals surface area contributed by atoms with Crippen LogP contribution in [-0.4, -0.2) is 32.5 Å². The Bertz CT molecular complexity index is 488. The Morgan fingerprint density at radius 2 is 2.00 bits per heavy atom. The zero-order valence-electron chi connectivity index (χ0n) is 11.4. The smallest absolute Gasteiger partial charge is 0.321 e. The summed E-state index contributed by atoms with van der Waals surface area (Å²) in [6.45, 7) is 3.60. The summed E-state index contributed by atoms with van der Waals surface area (Å²) >= 11 is 1.48. The summed E-state index contributed by atoms with van der Waals surface area (Å²) in [5, 5.41) is 19.4. The van der Waals surface area contributed by atoms with Gasteiger partial charge in [-0.2, -0.15) is 11.8 Å². The van der Waals surface area contributed by atoms with Crippen LogP contribution >= 0.6 is 11.8 Å². The molecule has 0 aromatic heterocycles. The molecule has 6 nitrogen and oxygen atoms in total. The molecule has 0 saturated carbocycles. The first-order valence-electron chi connectivity index (χ1n) is 6.09. The monoisotopic (exact) mass is 298 g/mol. The Balaban J connectivity index is 2.52. The molecule has 0 fully saturated rings. The quantitative estimate of drug-likeness (QED) is 0.589. The number of aliphatic carboxylic acids is 1. The predicted octanol–water partition coefficient (Wildman–Crippen LogP) is 2.06. The second-order valence-corrected chi connectivity index (χ2v) is 6.69. The second-order valence-electron chi connectivity index (χ2n) is 4.94. The molecular formula is C13H18N2O4S. The third kappa shape index (κ3) is 4.50. The second kappa shape index (κ2) is 6.71. The van der Waals surface area contributed by atoms with Crippen LogP contribution in [0.2, 0.25) is 0 Å². The number of rotatable bonds is 7. The van der Waals surface area contributed by atoms with Gasteiger partial charge >= 0.3 is 5.97 Å². The van der Waals surface area contributed by atoms with Crippen LogP contribution in [0.3, 0.4) is 0 Å². The molecule has 0 spiro atoms. The van der Waals surface area contributed by atoms with Crippen molar-refractivity contribution in [3.8, 4) is 0 Å². The fourth-order valence-electron chi connectivity index (χ4n) is 1.60. The third-order valence-electron chi connectivity index (χ3n) is 3.03. The summed E-state index contributed by atoms with van der Waals surface area (Å²) in [5.74, 6) is -0.316. The maximum Gasteiger partial charge on any atom is 0.321 e. The number of thioether (sulfide) groups is 1. The topological polar surface area (TPSA) is 106 Å². The van der Waals surface area contributed by atoms with Gasteiger partial charge < -0.3 is 10.8 Å². The fraction of sp³-hybridized carbons (Fsp3) is 0.462. The highest BCUT2D eigenvalue weighted by atomic mass is 32.2. The van der Waals surface area contributed by atoms with E-state index in [4.69, 9.17) is 10.8 Å². The summed E-state index contributed by atoms with van der Waals surface area (Å²) in [7, 11) is 0. The maximum atomic E-state index is 10.9. The van der Waals surface area contributed by atoms with Gasteiger partial charge in [-0.3, -0.25) is 14.9 Å². The van der Waals surface area contributed by atoms with Crippen molar-refractivity contribution in [3.63, 3.8) is 0 Å². The van der Waals surface area contributed by atoms with Gasteiger partial charge in [0.1, 0.15) is 6.04 Å². The standard InChI is InChI=1S/C13H18N2O4S/c1-13(2,11(14)12(16)17)20-8-7-9-3-5-10(6-4-9)15(18)19/h3-6,11H,7-8,14H2,1-2H3,(H,16,17). The van der Waals surface area contributed by atoms with E-state index in [1.165, 1.54) is 23.9 Å². The Morgan fingerprint density at radius 3 is 2.45 bits per heavy atom. The van der Waals surface area contributed by atoms with Crippen LogP contribution in [0.25, 0.3) is 0 Å². The van der Waals surface area contributed by atoms with Crippen LogP contribution in [-0.2, 0) is 11.2 Å². The van der Waals surface area contributed by atoms with Gasteiger partial charge in [0.2, 0.25) is 0 Å². The van der Waals surface area contributed by atoms with Gasteiger partial charge in [0.15, 0.2) is 0 Å². The first-order chi connectivity index (χ1) is 9.24. The van der Waals surface area contributed by atoms with Crippen molar-refractivity contribution in [2.24, 2.45) is 5.73 Å². The molecule has 110 valence electrons. The van der Waals surface area contributed by atoms with Crippen LogP contribution in [0.5, 0.6) is 0 Å². The Hall–Kier alpha value is -1.60. The summed E-state index contributed by atoms with van der Waals surface area (Å²) in [6, 6.07) is 5.43. The molecule has 3 N–H and O–H groups in total. The molecule has 0 radical (unpaired) electrons. The van der Waals surface area contributed by atoms with E-state index in [1.807, 2.05) is 0 Å². The van der Waals surface area contributed by atoms with Crippen molar-refractivity contribution in [1.29, 1.82) is 0 Å². The maximum absolute atomic E-state index is 10.9. The molecule has 0 bridgehead atoms. The van der Waals surface area contributed by atoms with Crippen molar-refractivity contribution in [1.82, 2.24) is 0 Å². The molecule has 7 heteroatoms. The zero-order chi connectivity index (χ0) is 15.3. The molecule has 1 aromatic carbocycles. The average Bonchev–Trinajstić information content (AvgIpc) is 2.38. The van der Waals surface area contributed by atoms with Gasteiger partial charge in [-0.15, -0.1) is 0 Å². The SMILES string of the molecule is CC(C)(SCCc1ccc([N+](=O)[O-])cc1)C(N)C(=O)O. The lowest BCUT2D eigenvalue weighted by Gasteiger charge is -2.27. The van der Waals surface area contributed by atoms with E-state index >= 15 is 0 Å². The van der Waals surface area contributed by atoms with Gasteiger partial charge in [0, 0.05) is 16.9 Å². The largest absolute Gasteiger partial charge is 0.480 e. The molecule has 0 heterocycles. The Kier molecular flexibility index (Phi) is 5.52. The van der Waals surface area contributed by atoms with Crippen LogP contribution in [0.15, 0.2) is 24.3 Å². The lowest BCUT2D eigenvalue weighted by Crippen LogP contribution is -2.46. The molecule has 1 rings (SSSR count). The Labute approximate surface area is 121 Å². The van der Waals surface area contributed by atoms with E-state index in [9.17, 15) is 14.9 Å². The van der Waals surface area contributed by atoms with Crippen molar-refractivity contribution in [3.05, 3.63) is 39.9 Å². The van der Waals surface area contributed by atoms with E-state index in [0.717, 1.165) is 5.56 Å². The number of hydrogen-bond donors (Lipinski definition) is 2. The predicted molar refractivity (Wildman–Crippen MR) is 78.9 cm³/mol. The van der Waals surface area contributed by atoms with Crippen molar-refractivity contribution in [2.75, 3.05) is 5.75 Å². The van der Waals surface area contributed by atoms with E-state index in [-0.39, 0.29) is 5.69 Å². The molecule has 0 amide bonds. The van der Waals surface area contributed by atoms with Crippen LogP contribution in [0, 0.1) is 10.1 Å². The highest BCUT2D eigenvalue weighted by Crippen LogP contribution is 2.28. The number of benzene rings is 1. The molecule has 1 aromatic rings. The molecule has 1 unspecified atom stereocenters. The van der Waals surface area contributed by atoms with Gasteiger partial charge in [-0.1, -0.05) is 12.1 Å². The van der Waals surface area contributed by atoms with Crippen LogP contribution in [0.4, 0.5) is 5.69 Å². The summed E-state index contributed by atoms with van der Waals surface area (Å²) in [6.07, 6.45) is 0.707. The number of nitrogens with two attached hydrogens (primary N) is 1. The first kappa shape index (κ1) is 16.5. The van der Waals surface area contributed by atoms with Gasteiger partial charge in [-0.05, 0) is 31.6 Å². The molecule has 1 atom stereocenters. The lowest BCUT2D eigenvalue weighted by molar-refractivity contribution is -0.384. The number of nitrogens with zero attached hydrogens (tertiary/aromatic N) is 1. The summed E-state index contributed by atoms with van der Waals surface area (Å²) in [5.41, 5.74) is 6.67. The van der Waals surface area contributed by atoms with Crippen molar-refractivity contribution >= 4 is 23.4 Å². The molecule has 0 aliphatic heterocycles. The van der Waals surface area contributed by atoms with Gasteiger partial charge in [-0.25, -0.2) is 0 Å². The average molecular weight is 298 g/mol. The third-order valence-corrected chi connectivity index (χ3v) is 4.43. The number of non-ortho nitro benzene ring substituents is 1. The number of hydrogen-bond acceptors (Lipinski definition) is 5. The summed E-state index contributed by atoms with van der Waals surface area (Å²) in [4.78, 5) is 21.0. The van der Waals surface area contributed by atoms with E-state index in [0.29, 0.717) is 12.2 Å². The molecule has 20 heavy (non-hydrogen) atoms. The lowest BCUT2D eigenvalue weighted by atomic mass is 10.1. The molecule has 0 aliphatic rings. The van der Waals surface area contributed by atoms with Gasteiger partial charge in [0.05, 0.1) is 4.92 Å². The number of nitro benzene ring substituents is 1. The van der Waals surface area contributed by atoms with Crippen molar-refractivity contribution < 1.29 is 14.8 Å². The normalized spacial score (nSPS) is 12.9. The molecule has 0 saturated heterocycles. The van der Waals surface area contributed by atoms with Crippen LogP contribution in [0.1, 0.15) is 19.4 Å². The van der Waals surface area contributed by atoms with Gasteiger partial charge in [0.25, 0.3) is 5.69 Å². The summed E-state index contributed by atoms with van der Waals surface area (Å²) < 4.78 is -0.563. The van der Waals surface area contributed by atoms with E-state index in [2.05, 4.69) is 0 Å². The zero-order valence-corrected chi connectivity index (χ0v) is 12.2. The minimum atomic E-state index is -1.02. The molecular weight excluding hydrogens is 280 g/mol.